The minimum atomic E-state index is 0.809. The van der Waals surface area contributed by atoms with Gasteiger partial charge in [-0.25, -0.2) is 0 Å². The van der Waals surface area contributed by atoms with Crippen LogP contribution in [0.15, 0.2) is 36.4 Å². The summed E-state index contributed by atoms with van der Waals surface area (Å²) in [6.07, 6.45) is 2.19. The first kappa shape index (κ1) is 14.2. The molecule has 1 aliphatic heterocycles. The Balaban J connectivity index is 1.94. The molecular formula is C19H23NO. The number of rotatable bonds is 5. The zero-order valence-corrected chi connectivity index (χ0v) is 12.9. The van der Waals surface area contributed by atoms with Crippen LogP contribution in [0.2, 0.25) is 0 Å². The predicted molar refractivity (Wildman–Crippen MR) is 87.8 cm³/mol. The van der Waals surface area contributed by atoms with Gasteiger partial charge in [-0.3, -0.25) is 0 Å². The number of aryl methyl sites for hydroxylation is 1. The van der Waals surface area contributed by atoms with Crippen molar-refractivity contribution in [2.45, 2.75) is 33.2 Å². The van der Waals surface area contributed by atoms with Crippen LogP contribution in [0.25, 0.3) is 11.1 Å². The molecule has 0 atom stereocenters. The van der Waals surface area contributed by atoms with Crippen molar-refractivity contribution in [2.24, 2.45) is 0 Å². The quantitative estimate of drug-likeness (QED) is 0.833. The lowest BCUT2D eigenvalue weighted by Crippen LogP contribution is -2.13. The summed E-state index contributed by atoms with van der Waals surface area (Å²) in [5.41, 5.74) is 6.50. The molecule has 1 heterocycles. The lowest BCUT2D eigenvalue weighted by Gasteiger charge is -2.13. The summed E-state index contributed by atoms with van der Waals surface area (Å²) in [5, 5.41) is 3.47. The van der Waals surface area contributed by atoms with Crippen molar-refractivity contribution in [3.8, 4) is 16.9 Å². The normalized spacial score (nSPS) is 13.0. The van der Waals surface area contributed by atoms with Crippen LogP contribution in [-0.2, 0) is 13.0 Å². The Morgan fingerprint density at radius 3 is 2.90 bits per heavy atom. The SMILES string of the molecule is CCCNCc1ccc(C)c(-c2cccc3c2OCC3)c1. The monoisotopic (exact) mass is 281 g/mol. The summed E-state index contributed by atoms with van der Waals surface area (Å²) in [6, 6.07) is 13.2. The molecule has 0 amide bonds. The molecule has 21 heavy (non-hydrogen) atoms. The van der Waals surface area contributed by atoms with Crippen LogP contribution in [0.1, 0.15) is 30.0 Å². The van der Waals surface area contributed by atoms with Crippen molar-refractivity contribution in [1.82, 2.24) is 5.32 Å². The fraction of sp³-hybridized carbons (Fsp3) is 0.368. The Morgan fingerprint density at radius 1 is 1.14 bits per heavy atom. The highest BCUT2D eigenvalue weighted by molar-refractivity contribution is 5.75. The predicted octanol–water partition coefficient (Wildman–Crippen LogP) is 4.10. The molecule has 2 heteroatoms. The highest BCUT2D eigenvalue weighted by Crippen LogP contribution is 2.38. The van der Waals surface area contributed by atoms with Gasteiger partial charge in [0.25, 0.3) is 0 Å². The largest absolute Gasteiger partial charge is 0.492 e. The number of hydrogen-bond acceptors (Lipinski definition) is 2. The van der Waals surface area contributed by atoms with E-state index in [9.17, 15) is 0 Å². The molecule has 0 unspecified atom stereocenters. The Morgan fingerprint density at radius 2 is 2.05 bits per heavy atom. The summed E-state index contributed by atoms with van der Waals surface area (Å²) >= 11 is 0. The third-order valence-corrected chi connectivity index (χ3v) is 4.06. The Bertz CT molecular complexity index is 633. The van der Waals surface area contributed by atoms with E-state index in [2.05, 4.69) is 55.6 Å². The minimum Gasteiger partial charge on any atom is -0.492 e. The van der Waals surface area contributed by atoms with Gasteiger partial charge >= 0.3 is 0 Å². The van der Waals surface area contributed by atoms with Gasteiger partial charge in [-0.05, 0) is 48.2 Å². The van der Waals surface area contributed by atoms with Crippen LogP contribution in [0.4, 0.5) is 0 Å². The van der Waals surface area contributed by atoms with Gasteiger partial charge in [-0.2, -0.15) is 0 Å². The molecule has 3 rings (SSSR count). The second-order valence-corrected chi connectivity index (χ2v) is 5.72. The number of fused-ring (bicyclic) bond motifs is 1. The number of benzene rings is 2. The van der Waals surface area contributed by atoms with E-state index in [1.165, 1.54) is 34.2 Å². The molecule has 0 aromatic heterocycles. The maximum absolute atomic E-state index is 5.86. The van der Waals surface area contributed by atoms with Crippen LogP contribution in [0.3, 0.4) is 0 Å². The van der Waals surface area contributed by atoms with E-state index in [1.54, 1.807) is 0 Å². The summed E-state index contributed by atoms with van der Waals surface area (Å²) in [4.78, 5) is 0. The zero-order valence-electron chi connectivity index (χ0n) is 12.9. The Kier molecular flexibility index (Phi) is 4.26. The van der Waals surface area contributed by atoms with Gasteiger partial charge in [0.1, 0.15) is 5.75 Å². The van der Waals surface area contributed by atoms with Gasteiger partial charge in [0, 0.05) is 18.5 Å². The smallest absolute Gasteiger partial charge is 0.130 e. The van der Waals surface area contributed by atoms with E-state index in [4.69, 9.17) is 4.74 Å². The molecule has 0 saturated carbocycles. The molecule has 0 radical (unpaired) electrons. The van der Waals surface area contributed by atoms with Gasteiger partial charge < -0.3 is 10.1 Å². The van der Waals surface area contributed by atoms with Crippen molar-refractivity contribution >= 4 is 0 Å². The van der Waals surface area contributed by atoms with Gasteiger partial charge in [-0.1, -0.05) is 37.3 Å². The molecule has 2 nitrogen and oxygen atoms in total. The van der Waals surface area contributed by atoms with E-state index >= 15 is 0 Å². The molecule has 0 aliphatic carbocycles. The van der Waals surface area contributed by atoms with Crippen molar-refractivity contribution in [3.05, 3.63) is 53.1 Å². The summed E-state index contributed by atoms with van der Waals surface area (Å²) in [5.74, 6) is 1.08. The Hall–Kier alpha value is -1.80. The summed E-state index contributed by atoms with van der Waals surface area (Å²) < 4.78 is 5.86. The first-order chi connectivity index (χ1) is 10.3. The average molecular weight is 281 g/mol. The van der Waals surface area contributed by atoms with Crippen LogP contribution in [0.5, 0.6) is 5.75 Å². The van der Waals surface area contributed by atoms with Gasteiger partial charge in [0.2, 0.25) is 0 Å². The molecule has 0 fully saturated rings. The first-order valence-corrected chi connectivity index (χ1v) is 7.85. The standard InChI is InChI=1S/C19H23NO/c1-3-10-20-13-15-8-7-14(2)18(12-15)17-6-4-5-16-9-11-21-19(16)17/h4-8,12,20H,3,9-11,13H2,1-2H3. The molecule has 2 aromatic carbocycles. The van der Waals surface area contributed by atoms with Crippen molar-refractivity contribution < 1.29 is 4.74 Å². The second kappa shape index (κ2) is 6.31. The van der Waals surface area contributed by atoms with E-state index in [0.717, 1.165) is 31.9 Å². The third-order valence-electron chi connectivity index (χ3n) is 4.06. The van der Waals surface area contributed by atoms with E-state index < -0.39 is 0 Å². The third kappa shape index (κ3) is 2.96. The van der Waals surface area contributed by atoms with Crippen LogP contribution in [-0.4, -0.2) is 13.2 Å². The lowest BCUT2D eigenvalue weighted by molar-refractivity contribution is 0.358. The maximum Gasteiger partial charge on any atom is 0.130 e. The molecule has 1 aliphatic rings. The average Bonchev–Trinajstić information content (AvgIpc) is 2.98. The number of hydrogen-bond donors (Lipinski definition) is 1. The molecule has 0 saturated heterocycles. The Labute approximate surface area is 127 Å². The number of nitrogens with one attached hydrogen (secondary N) is 1. The highest BCUT2D eigenvalue weighted by atomic mass is 16.5. The minimum absolute atomic E-state index is 0.809. The zero-order chi connectivity index (χ0) is 14.7. The maximum atomic E-state index is 5.86. The fourth-order valence-electron chi connectivity index (χ4n) is 2.91. The second-order valence-electron chi connectivity index (χ2n) is 5.72. The molecular weight excluding hydrogens is 258 g/mol. The van der Waals surface area contributed by atoms with E-state index in [0.29, 0.717) is 0 Å². The number of ether oxygens (including phenoxy) is 1. The summed E-state index contributed by atoms with van der Waals surface area (Å²) in [6.45, 7) is 7.16. The van der Waals surface area contributed by atoms with Gasteiger partial charge in [-0.15, -0.1) is 0 Å². The fourth-order valence-corrected chi connectivity index (χ4v) is 2.91. The molecule has 2 aromatic rings. The van der Waals surface area contributed by atoms with Crippen LogP contribution in [0, 0.1) is 6.92 Å². The van der Waals surface area contributed by atoms with E-state index in [1.807, 2.05) is 0 Å². The first-order valence-electron chi connectivity index (χ1n) is 7.85. The molecule has 0 bridgehead atoms. The lowest BCUT2D eigenvalue weighted by atomic mass is 9.95. The van der Waals surface area contributed by atoms with Crippen molar-refractivity contribution in [2.75, 3.05) is 13.2 Å². The molecule has 1 N–H and O–H groups in total. The van der Waals surface area contributed by atoms with E-state index in [-0.39, 0.29) is 0 Å². The van der Waals surface area contributed by atoms with Gasteiger partial charge in [0.05, 0.1) is 6.61 Å². The number of para-hydroxylation sites is 1. The van der Waals surface area contributed by atoms with Crippen molar-refractivity contribution in [1.29, 1.82) is 0 Å². The van der Waals surface area contributed by atoms with Crippen LogP contribution >= 0.6 is 0 Å². The molecule has 0 spiro atoms. The topological polar surface area (TPSA) is 21.3 Å². The van der Waals surface area contributed by atoms with Crippen molar-refractivity contribution in [3.63, 3.8) is 0 Å². The summed E-state index contributed by atoms with van der Waals surface area (Å²) in [7, 11) is 0. The highest BCUT2D eigenvalue weighted by Gasteiger charge is 2.18. The molecule has 110 valence electrons. The van der Waals surface area contributed by atoms with Gasteiger partial charge in [0.15, 0.2) is 0 Å². The van der Waals surface area contributed by atoms with Crippen LogP contribution < -0.4 is 10.1 Å².